The van der Waals surface area contributed by atoms with Gasteiger partial charge in [-0.2, -0.15) is 5.10 Å². The highest BCUT2D eigenvalue weighted by Gasteiger charge is 2.60. The normalized spacial score (nSPS) is 20.6. The SMILES string of the molecule is CCOC(=O)C1=NN(c2ccc(Cl)cc2)C2(S1)S/C(=C/c1ccccc1)C(=O)N2c1ccccc1. The molecule has 1 spiro atoms. The van der Waals surface area contributed by atoms with Crippen LogP contribution in [0.1, 0.15) is 12.5 Å². The van der Waals surface area contributed by atoms with Gasteiger partial charge in [0.25, 0.3) is 5.91 Å². The van der Waals surface area contributed by atoms with Gasteiger partial charge in [-0.3, -0.25) is 9.69 Å². The lowest BCUT2D eigenvalue weighted by molar-refractivity contribution is -0.134. The largest absolute Gasteiger partial charge is 0.461 e. The van der Waals surface area contributed by atoms with Gasteiger partial charge in [-0.25, -0.2) is 9.80 Å². The molecule has 0 saturated carbocycles. The van der Waals surface area contributed by atoms with Crippen LogP contribution in [0, 0.1) is 0 Å². The Morgan fingerprint density at radius 2 is 1.63 bits per heavy atom. The number of benzene rings is 3. The summed E-state index contributed by atoms with van der Waals surface area (Å²) in [6.45, 7) is 1.97. The molecule has 1 unspecified atom stereocenters. The number of nitrogens with zero attached hydrogens (tertiary/aromatic N) is 3. The van der Waals surface area contributed by atoms with Gasteiger partial charge in [0.2, 0.25) is 9.37 Å². The monoisotopic (exact) mass is 521 g/mol. The van der Waals surface area contributed by atoms with Gasteiger partial charge in [0, 0.05) is 10.7 Å². The molecule has 6 nitrogen and oxygen atoms in total. The lowest BCUT2D eigenvalue weighted by Gasteiger charge is -2.38. The number of carbonyl (C=O) groups is 2. The third-order valence-electron chi connectivity index (χ3n) is 5.26. The average molecular weight is 522 g/mol. The third-order valence-corrected chi connectivity index (χ3v) is 8.21. The predicted octanol–water partition coefficient (Wildman–Crippen LogP) is 6.20. The molecular formula is C26H20ClN3O3S2. The number of carbonyl (C=O) groups excluding carboxylic acids is 2. The summed E-state index contributed by atoms with van der Waals surface area (Å²) in [5, 5.41) is 7.09. The Balaban J connectivity index is 1.67. The maximum atomic E-state index is 13.9. The smallest absolute Gasteiger partial charge is 0.365 e. The number of thioether (sulfide) groups is 2. The number of halogens is 1. The van der Waals surface area contributed by atoms with Crippen LogP contribution in [0.4, 0.5) is 11.4 Å². The van der Waals surface area contributed by atoms with Gasteiger partial charge in [0.15, 0.2) is 0 Å². The van der Waals surface area contributed by atoms with Crippen LogP contribution in [-0.4, -0.2) is 27.9 Å². The topological polar surface area (TPSA) is 62.2 Å². The molecule has 35 heavy (non-hydrogen) atoms. The number of anilines is 2. The average Bonchev–Trinajstić information content (AvgIpc) is 3.38. The van der Waals surface area contributed by atoms with Gasteiger partial charge < -0.3 is 4.74 Å². The van der Waals surface area contributed by atoms with Gasteiger partial charge >= 0.3 is 5.97 Å². The molecule has 5 rings (SSSR count). The molecule has 2 heterocycles. The highest BCUT2D eigenvalue weighted by Crippen LogP contribution is 2.59. The van der Waals surface area contributed by atoms with E-state index >= 15 is 0 Å². The first-order valence-corrected chi connectivity index (χ1v) is 12.9. The fourth-order valence-corrected chi connectivity index (χ4v) is 6.75. The Labute approximate surface area is 216 Å². The van der Waals surface area contributed by atoms with E-state index < -0.39 is 10.3 Å². The van der Waals surface area contributed by atoms with Crippen LogP contribution in [0.5, 0.6) is 0 Å². The van der Waals surface area contributed by atoms with Crippen molar-refractivity contribution in [3.05, 3.63) is 100 Å². The summed E-state index contributed by atoms with van der Waals surface area (Å²) in [6.07, 6.45) is 1.86. The minimum absolute atomic E-state index is 0.170. The Morgan fingerprint density at radius 1 is 0.971 bits per heavy atom. The van der Waals surface area contributed by atoms with Crippen LogP contribution in [0.2, 0.25) is 5.02 Å². The number of amides is 1. The summed E-state index contributed by atoms with van der Waals surface area (Å²) in [4.78, 5) is 28.9. The van der Waals surface area contributed by atoms with Crippen LogP contribution in [0.15, 0.2) is 94.9 Å². The van der Waals surface area contributed by atoms with Crippen LogP contribution in [-0.2, 0) is 14.3 Å². The predicted molar refractivity (Wildman–Crippen MR) is 144 cm³/mol. The van der Waals surface area contributed by atoms with Gasteiger partial charge in [0.05, 0.1) is 17.2 Å². The lowest BCUT2D eigenvalue weighted by Crippen LogP contribution is -2.51. The zero-order valence-corrected chi connectivity index (χ0v) is 21.0. The number of hydrogen-bond donors (Lipinski definition) is 0. The quantitative estimate of drug-likeness (QED) is 0.294. The number of hydrazone groups is 1. The zero-order valence-electron chi connectivity index (χ0n) is 18.6. The highest BCUT2D eigenvalue weighted by atomic mass is 35.5. The van der Waals surface area contributed by atoms with Crippen molar-refractivity contribution in [2.45, 2.75) is 11.3 Å². The first-order chi connectivity index (χ1) is 17.0. The number of rotatable bonds is 5. The molecule has 2 aliphatic heterocycles. The first kappa shape index (κ1) is 23.5. The molecule has 2 aliphatic rings. The molecule has 3 aromatic carbocycles. The molecule has 0 aliphatic carbocycles. The molecule has 1 saturated heterocycles. The van der Waals surface area contributed by atoms with E-state index in [-0.39, 0.29) is 17.6 Å². The van der Waals surface area contributed by atoms with Gasteiger partial charge in [-0.15, -0.1) is 0 Å². The summed E-state index contributed by atoms with van der Waals surface area (Å²) in [5.74, 6) is -0.716. The summed E-state index contributed by atoms with van der Waals surface area (Å²) >= 11 is 8.67. The van der Waals surface area contributed by atoms with Crippen molar-refractivity contribution in [2.24, 2.45) is 5.10 Å². The van der Waals surface area contributed by atoms with E-state index in [9.17, 15) is 9.59 Å². The van der Waals surface area contributed by atoms with Crippen LogP contribution in [0.25, 0.3) is 6.08 Å². The van der Waals surface area contributed by atoms with Gasteiger partial charge in [-0.05, 0) is 66.7 Å². The molecule has 176 valence electrons. The van der Waals surface area contributed by atoms with E-state index in [4.69, 9.17) is 16.3 Å². The molecule has 0 aromatic heterocycles. The van der Waals surface area contributed by atoms with Crippen molar-refractivity contribution in [2.75, 3.05) is 16.5 Å². The molecule has 1 amide bonds. The first-order valence-electron chi connectivity index (χ1n) is 10.9. The lowest BCUT2D eigenvalue weighted by atomic mass is 10.2. The Hall–Kier alpha value is -3.20. The Kier molecular flexibility index (Phi) is 6.60. The maximum absolute atomic E-state index is 13.9. The minimum Gasteiger partial charge on any atom is -0.461 e. The molecule has 0 N–H and O–H groups in total. The molecule has 1 fully saturated rings. The summed E-state index contributed by atoms with van der Waals surface area (Å²) < 4.78 is 4.14. The number of ether oxygens (including phenoxy) is 1. The third kappa shape index (κ3) is 4.45. The fraction of sp³-hybridized carbons (Fsp3) is 0.115. The van der Waals surface area contributed by atoms with E-state index in [1.165, 1.54) is 23.5 Å². The zero-order chi connectivity index (χ0) is 24.4. The minimum atomic E-state index is -1.12. The molecule has 3 aromatic rings. The van der Waals surface area contributed by atoms with Crippen molar-refractivity contribution >= 4 is 69.5 Å². The van der Waals surface area contributed by atoms with E-state index in [0.29, 0.717) is 21.3 Å². The summed E-state index contributed by atoms with van der Waals surface area (Å²) in [6, 6.07) is 26.2. The molecule has 1 atom stereocenters. The van der Waals surface area contributed by atoms with Gasteiger partial charge in [-0.1, -0.05) is 71.9 Å². The van der Waals surface area contributed by atoms with Crippen molar-refractivity contribution in [3.63, 3.8) is 0 Å². The summed E-state index contributed by atoms with van der Waals surface area (Å²) in [5.41, 5.74) is 2.28. The molecular weight excluding hydrogens is 502 g/mol. The molecule has 0 radical (unpaired) electrons. The van der Waals surface area contributed by atoms with Crippen LogP contribution < -0.4 is 9.91 Å². The standard InChI is InChI=1S/C26H20ClN3O3S2/c1-2-33-25(32)23-28-30(21-15-13-19(27)14-16-21)26(35-23)29(20-11-7-4-8-12-20)24(31)22(34-26)17-18-9-5-3-6-10-18/h3-17H,2H2,1H3/b22-17+. The van der Waals surface area contributed by atoms with E-state index in [0.717, 1.165) is 5.56 Å². The second kappa shape index (κ2) is 9.81. The van der Waals surface area contributed by atoms with Crippen LogP contribution >= 0.6 is 35.1 Å². The van der Waals surface area contributed by atoms with Crippen molar-refractivity contribution < 1.29 is 14.3 Å². The van der Waals surface area contributed by atoms with Crippen LogP contribution in [0.3, 0.4) is 0 Å². The van der Waals surface area contributed by atoms with Gasteiger partial charge in [0.1, 0.15) is 0 Å². The van der Waals surface area contributed by atoms with E-state index in [1.54, 1.807) is 29.0 Å². The van der Waals surface area contributed by atoms with Crippen molar-refractivity contribution in [1.29, 1.82) is 0 Å². The maximum Gasteiger partial charge on any atom is 0.365 e. The molecule has 0 bridgehead atoms. The second-order valence-corrected chi connectivity index (χ2v) is 10.6. The number of para-hydroxylation sites is 1. The second-order valence-electron chi connectivity index (χ2n) is 7.56. The van der Waals surface area contributed by atoms with E-state index in [2.05, 4.69) is 5.10 Å². The molecule has 9 heteroatoms. The fourth-order valence-electron chi connectivity index (χ4n) is 3.75. The Bertz CT molecular complexity index is 1320. The van der Waals surface area contributed by atoms with Crippen molar-refractivity contribution in [3.8, 4) is 0 Å². The summed E-state index contributed by atoms with van der Waals surface area (Å²) in [7, 11) is 0. The Morgan fingerprint density at radius 3 is 2.29 bits per heavy atom. The number of esters is 1. The van der Waals surface area contributed by atoms with E-state index in [1.807, 2.05) is 78.9 Å². The number of hydrogen-bond acceptors (Lipinski definition) is 7. The highest BCUT2D eigenvalue weighted by molar-refractivity contribution is 8.29. The van der Waals surface area contributed by atoms with Crippen molar-refractivity contribution in [1.82, 2.24) is 0 Å².